The minimum Gasteiger partial charge on any atom is -0.495 e. The smallest absolute Gasteiger partial charge is 0.317 e. The molecule has 1 N–H and O–H groups in total. The molecule has 1 heterocycles. The highest BCUT2D eigenvalue weighted by Crippen LogP contribution is 2.33. The number of halogens is 2. The van der Waals surface area contributed by atoms with E-state index in [0.29, 0.717) is 21.8 Å². The Morgan fingerprint density at radius 2 is 2.04 bits per heavy atom. The fraction of sp³-hybridized carbons (Fsp3) is 0.588. The van der Waals surface area contributed by atoms with Crippen molar-refractivity contribution in [2.45, 2.75) is 32.4 Å². The topological polar surface area (TPSA) is 53.0 Å². The molecule has 1 fully saturated rings. The van der Waals surface area contributed by atoms with Crippen molar-refractivity contribution in [1.82, 2.24) is 9.80 Å². The molecular formula is C17H24Cl2N2O3. The number of rotatable bonds is 7. The fourth-order valence-electron chi connectivity index (χ4n) is 3.32. The van der Waals surface area contributed by atoms with Crippen molar-refractivity contribution in [2.24, 2.45) is 0 Å². The average Bonchev–Trinajstić information content (AvgIpc) is 2.53. The highest BCUT2D eigenvalue weighted by atomic mass is 35.5. The Kier molecular flexibility index (Phi) is 7.16. The Labute approximate surface area is 153 Å². The first-order valence-corrected chi connectivity index (χ1v) is 8.90. The molecule has 5 nitrogen and oxygen atoms in total. The van der Waals surface area contributed by atoms with Crippen LogP contribution in [0.1, 0.15) is 25.3 Å². The van der Waals surface area contributed by atoms with Gasteiger partial charge in [-0.1, -0.05) is 30.1 Å². The molecule has 0 aliphatic carbocycles. The van der Waals surface area contributed by atoms with Gasteiger partial charge >= 0.3 is 5.97 Å². The van der Waals surface area contributed by atoms with Gasteiger partial charge in [0.2, 0.25) is 0 Å². The van der Waals surface area contributed by atoms with Crippen molar-refractivity contribution < 1.29 is 14.6 Å². The summed E-state index contributed by atoms with van der Waals surface area (Å²) in [6.07, 6.45) is 1.91. The minimum atomic E-state index is -0.766. The number of hydrogen-bond donors (Lipinski definition) is 1. The van der Waals surface area contributed by atoms with Crippen molar-refractivity contribution in [3.8, 4) is 5.75 Å². The van der Waals surface area contributed by atoms with Gasteiger partial charge in [-0.3, -0.25) is 14.6 Å². The van der Waals surface area contributed by atoms with Crippen LogP contribution in [0, 0.1) is 0 Å². The number of methoxy groups -OCH3 is 1. The zero-order valence-corrected chi connectivity index (χ0v) is 15.6. The number of aliphatic carboxylic acids is 1. The number of likely N-dealkylation sites (tertiary alicyclic amines) is 1. The number of nitrogens with zero attached hydrogens (tertiary/aromatic N) is 2. The van der Waals surface area contributed by atoms with Crippen molar-refractivity contribution >= 4 is 29.2 Å². The van der Waals surface area contributed by atoms with E-state index in [1.165, 1.54) is 0 Å². The second-order valence-corrected chi connectivity index (χ2v) is 6.89. The summed E-state index contributed by atoms with van der Waals surface area (Å²) in [6, 6.07) is 3.90. The van der Waals surface area contributed by atoms with E-state index in [1.54, 1.807) is 13.2 Å². The van der Waals surface area contributed by atoms with Crippen LogP contribution in [0.25, 0.3) is 0 Å². The second kappa shape index (κ2) is 8.90. The normalized spacial score (nSPS) is 16.5. The zero-order valence-electron chi connectivity index (χ0n) is 14.1. The summed E-state index contributed by atoms with van der Waals surface area (Å²) in [5.74, 6) is -0.0955. The molecule has 1 aromatic rings. The van der Waals surface area contributed by atoms with Crippen molar-refractivity contribution in [2.75, 3.05) is 33.3 Å². The maximum atomic E-state index is 11.0. The maximum Gasteiger partial charge on any atom is 0.317 e. The predicted octanol–water partition coefficient (Wildman–Crippen LogP) is 3.37. The molecule has 0 aromatic heterocycles. The number of ether oxygens (including phenoxy) is 1. The summed E-state index contributed by atoms with van der Waals surface area (Å²) in [7, 11) is 1.61. The molecule has 0 bridgehead atoms. The molecule has 0 radical (unpaired) electrons. The predicted molar refractivity (Wildman–Crippen MR) is 96.2 cm³/mol. The Morgan fingerprint density at radius 1 is 1.38 bits per heavy atom. The van der Waals surface area contributed by atoms with Gasteiger partial charge in [0, 0.05) is 23.2 Å². The molecular weight excluding hydrogens is 351 g/mol. The van der Waals surface area contributed by atoms with E-state index in [2.05, 4.69) is 4.90 Å². The van der Waals surface area contributed by atoms with Crippen LogP contribution in [-0.2, 0) is 11.3 Å². The molecule has 1 saturated heterocycles. The molecule has 0 amide bonds. The number of likely N-dealkylation sites (N-methyl/N-ethyl adjacent to an activating group) is 1. The molecule has 2 rings (SSSR count). The number of benzene rings is 1. The molecule has 24 heavy (non-hydrogen) atoms. The first kappa shape index (κ1) is 19.3. The summed E-state index contributed by atoms with van der Waals surface area (Å²) < 4.78 is 5.40. The third kappa shape index (κ3) is 4.99. The van der Waals surface area contributed by atoms with Gasteiger partial charge in [-0.15, -0.1) is 0 Å². The summed E-state index contributed by atoms with van der Waals surface area (Å²) in [4.78, 5) is 15.3. The largest absolute Gasteiger partial charge is 0.495 e. The molecule has 0 unspecified atom stereocenters. The van der Waals surface area contributed by atoms with Gasteiger partial charge in [0.15, 0.2) is 0 Å². The first-order valence-electron chi connectivity index (χ1n) is 8.14. The molecule has 0 spiro atoms. The van der Waals surface area contributed by atoms with Crippen LogP contribution in [0.3, 0.4) is 0 Å². The third-order valence-corrected chi connectivity index (χ3v) is 5.00. The number of hydrogen-bond acceptors (Lipinski definition) is 4. The van der Waals surface area contributed by atoms with Gasteiger partial charge in [-0.2, -0.15) is 0 Å². The van der Waals surface area contributed by atoms with Crippen molar-refractivity contribution in [3.05, 3.63) is 27.7 Å². The molecule has 7 heteroatoms. The maximum absolute atomic E-state index is 11.0. The van der Waals surface area contributed by atoms with E-state index in [-0.39, 0.29) is 6.54 Å². The quantitative estimate of drug-likeness (QED) is 0.792. The number of carbonyl (C=O) groups is 1. The lowest BCUT2D eigenvalue weighted by Crippen LogP contribution is -2.46. The van der Waals surface area contributed by atoms with Gasteiger partial charge in [-0.25, -0.2) is 0 Å². The van der Waals surface area contributed by atoms with E-state index in [1.807, 2.05) is 17.9 Å². The van der Waals surface area contributed by atoms with Crippen molar-refractivity contribution in [1.29, 1.82) is 0 Å². The van der Waals surface area contributed by atoms with Crippen molar-refractivity contribution in [3.63, 3.8) is 0 Å². The standard InChI is InChI=1S/C17H24Cl2N2O3/c1-3-21(11-16(22)23)14-4-6-20(7-5-14)10-12-8-13(18)9-15(19)17(12)24-2/h8-9,14H,3-7,10-11H2,1-2H3,(H,22,23). The van der Waals surface area contributed by atoms with E-state index in [9.17, 15) is 4.79 Å². The Morgan fingerprint density at radius 3 is 2.58 bits per heavy atom. The lowest BCUT2D eigenvalue weighted by atomic mass is 10.0. The average molecular weight is 375 g/mol. The monoisotopic (exact) mass is 374 g/mol. The zero-order chi connectivity index (χ0) is 17.7. The van der Waals surface area contributed by atoms with E-state index in [4.69, 9.17) is 33.0 Å². The number of piperidine rings is 1. The molecule has 1 aliphatic heterocycles. The molecule has 1 aromatic carbocycles. The minimum absolute atomic E-state index is 0.110. The lowest BCUT2D eigenvalue weighted by molar-refractivity contribution is -0.139. The van der Waals surface area contributed by atoms with Crippen LogP contribution in [0.4, 0.5) is 0 Å². The van der Waals surface area contributed by atoms with Crippen LogP contribution < -0.4 is 4.74 Å². The first-order chi connectivity index (χ1) is 11.4. The highest BCUT2D eigenvalue weighted by Gasteiger charge is 2.25. The summed E-state index contributed by atoms with van der Waals surface area (Å²) in [5.41, 5.74) is 0.978. The SMILES string of the molecule is CCN(CC(=O)O)C1CCN(Cc2cc(Cl)cc(Cl)c2OC)CC1. The van der Waals surface area contributed by atoms with Gasteiger partial charge in [0.25, 0.3) is 0 Å². The Bertz CT molecular complexity index is 575. The Balaban J connectivity index is 1.97. The summed E-state index contributed by atoms with van der Waals surface area (Å²) in [5, 5.41) is 10.1. The van der Waals surface area contributed by atoms with E-state index in [0.717, 1.165) is 44.6 Å². The fourth-order valence-corrected chi connectivity index (χ4v) is 3.93. The van der Waals surface area contributed by atoms with Crippen LogP contribution in [0.15, 0.2) is 12.1 Å². The molecule has 134 valence electrons. The third-order valence-electron chi connectivity index (χ3n) is 4.50. The molecule has 1 aliphatic rings. The lowest BCUT2D eigenvalue weighted by Gasteiger charge is -2.37. The Hall–Kier alpha value is -1.01. The molecule has 0 saturated carbocycles. The summed E-state index contributed by atoms with van der Waals surface area (Å²) >= 11 is 12.3. The van der Waals surface area contributed by atoms with Gasteiger partial charge in [-0.05, 0) is 44.6 Å². The van der Waals surface area contributed by atoms with Crippen LogP contribution >= 0.6 is 23.2 Å². The number of carboxylic acids is 1. The van der Waals surface area contributed by atoms with Crippen LogP contribution in [0.2, 0.25) is 10.0 Å². The van der Waals surface area contributed by atoms with Gasteiger partial charge in [0.1, 0.15) is 5.75 Å². The summed E-state index contributed by atoms with van der Waals surface area (Å²) in [6.45, 7) is 5.42. The molecule has 0 atom stereocenters. The van der Waals surface area contributed by atoms with Crippen LogP contribution in [0.5, 0.6) is 5.75 Å². The van der Waals surface area contributed by atoms with Gasteiger partial charge < -0.3 is 9.84 Å². The van der Waals surface area contributed by atoms with Gasteiger partial charge in [0.05, 0.1) is 18.7 Å². The van der Waals surface area contributed by atoms with E-state index >= 15 is 0 Å². The second-order valence-electron chi connectivity index (χ2n) is 6.04. The van der Waals surface area contributed by atoms with Crippen LogP contribution in [-0.4, -0.2) is 60.2 Å². The highest BCUT2D eigenvalue weighted by molar-refractivity contribution is 6.35. The number of carboxylic acid groups (broad SMARTS) is 1. The van der Waals surface area contributed by atoms with E-state index < -0.39 is 5.97 Å².